The summed E-state index contributed by atoms with van der Waals surface area (Å²) in [7, 11) is 4.14. The Morgan fingerprint density at radius 1 is 1.15 bits per heavy atom. The largest absolute Gasteiger partial charge is 0.332 e. The van der Waals surface area contributed by atoms with Gasteiger partial charge < -0.3 is 9.80 Å². The SMILES string of the molecule is CCc1ncc(C(=O)N2CCCC[C@@H]2c2ccc(CN(C)C)cc2)cn1. The number of hydrogen-bond donors (Lipinski definition) is 0. The fourth-order valence-corrected chi connectivity index (χ4v) is 3.55. The van der Waals surface area contributed by atoms with Crippen molar-refractivity contribution in [3.63, 3.8) is 0 Å². The van der Waals surface area contributed by atoms with Crippen LogP contribution in [0, 0.1) is 0 Å². The van der Waals surface area contributed by atoms with E-state index in [4.69, 9.17) is 0 Å². The van der Waals surface area contributed by atoms with Gasteiger partial charge >= 0.3 is 0 Å². The zero-order valence-electron chi connectivity index (χ0n) is 16.0. The first-order valence-electron chi connectivity index (χ1n) is 9.44. The molecule has 1 aliphatic heterocycles. The summed E-state index contributed by atoms with van der Waals surface area (Å²) in [5, 5.41) is 0. The Bertz CT molecular complexity index is 725. The van der Waals surface area contributed by atoms with Crippen LogP contribution in [0.3, 0.4) is 0 Å². The number of benzene rings is 1. The van der Waals surface area contributed by atoms with Crippen molar-refractivity contribution in [1.29, 1.82) is 0 Å². The molecule has 5 nitrogen and oxygen atoms in total. The maximum Gasteiger partial charge on any atom is 0.257 e. The number of carbonyl (C=O) groups excluding carboxylic acids is 1. The molecule has 3 rings (SSSR count). The third kappa shape index (κ3) is 4.28. The molecule has 0 radical (unpaired) electrons. The fourth-order valence-electron chi connectivity index (χ4n) is 3.55. The van der Waals surface area contributed by atoms with Crippen LogP contribution in [0.2, 0.25) is 0 Å². The number of piperidine rings is 1. The number of aryl methyl sites for hydroxylation is 1. The second-order valence-electron chi connectivity index (χ2n) is 7.23. The Morgan fingerprint density at radius 2 is 1.85 bits per heavy atom. The van der Waals surface area contributed by atoms with Gasteiger partial charge in [0.15, 0.2) is 0 Å². The van der Waals surface area contributed by atoms with E-state index in [0.29, 0.717) is 5.56 Å². The molecule has 0 spiro atoms. The molecule has 0 unspecified atom stereocenters. The van der Waals surface area contributed by atoms with Gasteiger partial charge in [0.2, 0.25) is 0 Å². The van der Waals surface area contributed by atoms with E-state index in [2.05, 4.69) is 53.2 Å². The summed E-state index contributed by atoms with van der Waals surface area (Å²) in [6, 6.07) is 8.82. The van der Waals surface area contributed by atoms with Crippen molar-refractivity contribution in [2.75, 3.05) is 20.6 Å². The zero-order valence-corrected chi connectivity index (χ0v) is 16.0. The van der Waals surface area contributed by atoms with Crippen LogP contribution in [0.25, 0.3) is 0 Å². The van der Waals surface area contributed by atoms with Gasteiger partial charge in [0, 0.05) is 31.9 Å². The van der Waals surface area contributed by atoms with E-state index in [9.17, 15) is 4.79 Å². The number of hydrogen-bond acceptors (Lipinski definition) is 4. The Kier molecular flexibility index (Phi) is 5.99. The van der Waals surface area contributed by atoms with Crippen molar-refractivity contribution in [3.05, 3.63) is 59.2 Å². The fraction of sp³-hybridized carbons (Fsp3) is 0.476. The second kappa shape index (κ2) is 8.41. The molecule has 1 saturated heterocycles. The van der Waals surface area contributed by atoms with Gasteiger partial charge in [-0.25, -0.2) is 9.97 Å². The van der Waals surface area contributed by atoms with Crippen LogP contribution in [-0.4, -0.2) is 46.3 Å². The van der Waals surface area contributed by atoms with Gasteiger partial charge in [-0.2, -0.15) is 0 Å². The maximum atomic E-state index is 13.0. The predicted octanol–water partition coefficient (Wildman–Crippen LogP) is 3.47. The average molecular weight is 352 g/mol. The molecule has 1 amide bonds. The van der Waals surface area contributed by atoms with Gasteiger partial charge in [-0.1, -0.05) is 31.2 Å². The van der Waals surface area contributed by atoms with Crippen molar-refractivity contribution in [3.8, 4) is 0 Å². The normalized spacial score (nSPS) is 17.5. The number of amides is 1. The highest BCUT2D eigenvalue weighted by atomic mass is 16.2. The Labute approximate surface area is 156 Å². The van der Waals surface area contributed by atoms with Crippen LogP contribution >= 0.6 is 0 Å². The first-order valence-corrected chi connectivity index (χ1v) is 9.44. The van der Waals surface area contributed by atoms with Crippen molar-refractivity contribution in [1.82, 2.24) is 19.8 Å². The molecular formula is C21H28N4O. The first-order chi connectivity index (χ1) is 12.6. The summed E-state index contributed by atoms with van der Waals surface area (Å²) in [6.45, 7) is 3.73. The first kappa shape index (κ1) is 18.5. The maximum absolute atomic E-state index is 13.0. The topological polar surface area (TPSA) is 49.3 Å². The quantitative estimate of drug-likeness (QED) is 0.827. The van der Waals surface area contributed by atoms with Gasteiger partial charge in [-0.05, 0) is 44.5 Å². The van der Waals surface area contributed by atoms with Crippen LogP contribution in [0.1, 0.15) is 59.5 Å². The molecule has 1 fully saturated rings. The van der Waals surface area contributed by atoms with Crippen LogP contribution in [0.5, 0.6) is 0 Å². The third-order valence-corrected chi connectivity index (χ3v) is 4.90. The van der Waals surface area contributed by atoms with E-state index in [1.165, 1.54) is 11.1 Å². The minimum Gasteiger partial charge on any atom is -0.332 e. The summed E-state index contributed by atoms with van der Waals surface area (Å²) in [5.41, 5.74) is 3.08. The van der Waals surface area contributed by atoms with Crippen LogP contribution in [0.4, 0.5) is 0 Å². The van der Waals surface area contributed by atoms with E-state index >= 15 is 0 Å². The minimum absolute atomic E-state index is 0.0368. The molecular weight excluding hydrogens is 324 g/mol. The number of nitrogens with zero attached hydrogens (tertiary/aromatic N) is 4. The highest BCUT2D eigenvalue weighted by Crippen LogP contribution is 2.32. The lowest BCUT2D eigenvalue weighted by Gasteiger charge is -2.36. The van der Waals surface area contributed by atoms with E-state index < -0.39 is 0 Å². The smallest absolute Gasteiger partial charge is 0.257 e. The van der Waals surface area contributed by atoms with Crippen molar-refractivity contribution >= 4 is 5.91 Å². The zero-order chi connectivity index (χ0) is 18.5. The minimum atomic E-state index is 0.0368. The molecule has 0 bridgehead atoms. The molecule has 0 N–H and O–H groups in total. The van der Waals surface area contributed by atoms with Gasteiger partial charge in [0.1, 0.15) is 5.82 Å². The Hall–Kier alpha value is -2.27. The summed E-state index contributed by atoms with van der Waals surface area (Å²) in [5.74, 6) is 0.808. The van der Waals surface area contributed by atoms with Gasteiger partial charge in [0.05, 0.1) is 11.6 Å². The molecule has 2 aromatic rings. The predicted molar refractivity (Wildman–Crippen MR) is 103 cm³/mol. The van der Waals surface area contributed by atoms with Crippen molar-refractivity contribution < 1.29 is 4.79 Å². The standard InChI is InChI=1S/C21H28N4O/c1-4-20-22-13-18(14-23-20)21(26)25-12-6-5-7-19(25)17-10-8-16(9-11-17)15-24(2)3/h8-11,13-14,19H,4-7,12,15H2,1-3H3/t19-/m1/s1. The van der Waals surface area contributed by atoms with Gasteiger partial charge in [0.25, 0.3) is 5.91 Å². The molecule has 5 heteroatoms. The summed E-state index contributed by atoms with van der Waals surface area (Å²) in [4.78, 5) is 25.8. The molecule has 1 atom stereocenters. The number of aromatic nitrogens is 2. The summed E-state index contributed by atoms with van der Waals surface area (Å²) >= 11 is 0. The molecule has 0 aliphatic carbocycles. The monoisotopic (exact) mass is 352 g/mol. The molecule has 26 heavy (non-hydrogen) atoms. The van der Waals surface area contributed by atoms with E-state index in [-0.39, 0.29) is 11.9 Å². The second-order valence-corrected chi connectivity index (χ2v) is 7.23. The van der Waals surface area contributed by atoms with E-state index in [1.807, 2.05) is 11.8 Å². The number of carbonyl (C=O) groups is 1. The van der Waals surface area contributed by atoms with Crippen LogP contribution in [0.15, 0.2) is 36.7 Å². The Balaban J connectivity index is 1.79. The van der Waals surface area contributed by atoms with Crippen LogP contribution < -0.4 is 0 Å². The van der Waals surface area contributed by atoms with Crippen molar-refractivity contribution in [2.45, 2.75) is 45.2 Å². The molecule has 1 aliphatic rings. The molecule has 0 saturated carbocycles. The van der Waals surface area contributed by atoms with E-state index in [0.717, 1.165) is 44.6 Å². The lowest BCUT2D eigenvalue weighted by atomic mass is 9.94. The van der Waals surface area contributed by atoms with Gasteiger partial charge in [-0.3, -0.25) is 4.79 Å². The molecule has 138 valence electrons. The van der Waals surface area contributed by atoms with E-state index in [1.54, 1.807) is 12.4 Å². The lowest BCUT2D eigenvalue weighted by Crippen LogP contribution is -2.38. The highest BCUT2D eigenvalue weighted by Gasteiger charge is 2.29. The summed E-state index contributed by atoms with van der Waals surface area (Å²) in [6.07, 6.45) is 7.32. The van der Waals surface area contributed by atoms with Crippen LogP contribution in [-0.2, 0) is 13.0 Å². The molecule has 2 heterocycles. The number of rotatable bonds is 5. The average Bonchev–Trinajstić information content (AvgIpc) is 2.68. The highest BCUT2D eigenvalue weighted by molar-refractivity contribution is 5.94. The molecule has 1 aromatic heterocycles. The summed E-state index contributed by atoms with van der Waals surface area (Å²) < 4.78 is 0. The lowest BCUT2D eigenvalue weighted by molar-refractivity contribution is 0.0610. The Morgan fingerprint density at radius 3 is 2.46 bits per heavy atom. The van der Waals surface area contributed by atoms with Gasteiger partial charge in [-0.15, -0.1) is 0 Å². The van der Waals surface area contributed by atoms with Crippen molar-refractivity contribution in [2.24, 2.45) is 0 Å². The number of likely N-dealkylation sites (tertiary alicyclic amines) is 1. The third-order valence-electron chi connectivity index (χ3n) is 4.90. The molecule has 1 aromatic carbocycles.